The van der Waals surface area contributed by atoms with Crippen LogP contribution in [0, 0.1) is 0 Å². The number of benzene rings is 4. The molecule has 0 N–H and O–H groups in total. The van der Waals surface area contributed by atoms with Crippen LogP contribution in [0.2, 0.25) is 0 Å². The van der Waals surface area contributed by atoms with Crippen molar-refractivity contribution in [2.75, 3.05) is 0 Å². The van der Waals surface area contributed by atoms with Crippen molar-refractivity contribution in [3.8, 4) is 16.9 Å². The van der Waals surface area contributed by atoms with Crippen LogP contribution in [0.15, 0.2) is 147 Å². The minimum Gasteiger partial charge on any atom is -0.466 e. The summed E-state index contributed by atoms with van der Waals surface area (Å²) in [7, 11) is 0. The summed E-state index contributed by atoms with van der Waals surface area (Å²) in [6.45, 7) is 14.0. The molecule has 1 unspecified atom stereocenters. The molecule has 0 aliphatic heterocycles. The Hall–Kier alpha value is -4.56. The van der Waals surface area contributed by atoms with Crippen molar-refractivity contribution in [3.05, 3.63) is 163 Å². The molecule has 0 heterocycles. The Morgan fingerprint density at radius 1 is 0.778 bits per heavy atom. The van der Waals surface area contributed by atoms with E-state index in [0.717, 1.165) is 16.9 Å². The first-order valence-corrected chi connectivity index (χ1v) is 12.0. The van der Waals surface area contributed by atoms with Crippen molar-refractivity contribution in [1.29, 1.82) is 0 Å². The highest BCUT2D eigenvalue weighted by molar-refractivity contribution is 6.00. The largest absolute Gasteiger partial charge is 0.466 e. The van der Waals surface area contributed by atoms with Crippen LogP contribution in [0.3, 0.4) is 0 Å². The van der Waals surface area contributed by atoms with Crippen LogP contribution in [0.25, 0.3) is 21.9 Å². The van der Waals surface area contributed by atoms with Gasteiger partial charge in [-0.1, -0.05) is 98.6 Å². The predicted octanol–water partition coefficient (Wildman–Crippen LogP) is 8.85. The quantitative estimate of drug-likeness (QED) is 0.190. The van der Waals surface area contributed by atoms with Gasteiger partial charge in [0.1, 0.15) is 11.5 Å². The molecule has 0 saturated carbocycles. The van der Waals surface area contributed by atoms with Gasteiger partial charge in [0.25, 0.3) is 0 Å². The molecule has 1 aliphatic carbocycles. The molecule has 1 atom stereocenters. The lowest BCUT2D eigenvalue weighted by molar-refractivity contribution is 0.369. The summed E-state index contributed by atoms with van der Waals surface area (Å²) in [6, 6.07) is 29.9. The minimum absolute atomic E-state index is 0.608. The normalized spacial score (nSPS) is 16.4. The smallest absolute Gasteiger partial charge is 0.126 e. The van der Waals surface area contributed by atoms with Gasteiger partial charge in [0.15, 0.2) is 0 Å². The van der Waals surface area contributed by atoms with Gasteiger partial charge in [-0.3, -0.25) is 0 Å². The zero-order valence-electron chi connectivity index (χ0n) is 20.4. The maximum atomic E-state index is 5.57. The van der Waals surface area contributed by atoms with E-state index in [-0.39, 0.29) is 0 Å². The lowest BCUT2D eigenvalue weighted by Gasteiger charge is -2.35. The molecule has 0 radical (unpaired) electrons. The fraction of sp³-hybridized carbons (Fsp3) is 0.0588. The number of hydrogen-bond acceptors (Lipinski definition) is 2. The van der Waals surface area contributed by atoms with E-state index in [1.807, 2.05) is 31.2 Å². The molecule has 0 saturated heterocycles. The molecular weight excluding hydrogens is 440 g/mol. The molecule has 0 spiro atoms. The molecule has 0 amide bonds. The second-order valence-electron chi connectivity index (χ2n) is 8.65. The van der Waals surface area contributed by atoms with Crippen molar-refractivity contribution in [2.45, 2.75) is 12.3 Å². The fourth-order valence-electron chi connectivity index (χ4n) is 5.39. The van der Waals surface area contributed by atoms with Gasteiger partial charge < -0.3 is 9.47 Å². The monoisotopic (exact) mass is 468 g/mol. The van der Waals surface area contributed by atoms with E-state index in [0.29, 0.717) is 5.76 Å². The van der Waals surface area contributed by atoms with Crippen LogP contribution in [-0.4, -0.2) is 0 Å². The third kappa shape index (κ3) is 3.59. The van der Waals surface area contributed by atoms with Gasteiger partial charge in [-0.25, -0.2) is 0 Å². The first-order chi connectivity index (χ1) is 17.6. The Bertz CT molecular complexity index is 1540. The summed E-state index contributed by atoms with van der Waals surface area (Å²) in [6.07, 6.45) is 8.79. The Morgan fingerprint density at radius 2 is 1.53 bits per heavy atom. The maximum Gasteiger partial charge on any atom is 0.126 e. The van der Waals surface area contributed by atoms with E-state index in [2.05, 4.69) is 98.6 Å². The Morgan fingerprint density at radius 3 is 2.28 bits per heavy atom. The third-order valence-electron chi connectivity index (χ3n) is 6.87. The molecule has 0 aromatic heterocycles. The Kier molecular flexibility index (Phi) is 6.18. The number of hydrogen-bond donors (Lipinski definition) is 0. The molecule has 176 valence electrons. The topological polar surface area (TPSA) is 18.5 Å². The summed E-state index contributed by atoms with van der Waals surface area (Å²) in [4.78, 5) is 0. The van der Waals surface area contributed by atoms with Gasteiger partial charge >= 0.3 is 0 Å². The van der Waals surface area contributed by atoms with Crippen LogP contribution in [0.1, 0.15) is 23.6 Å². The van der Waals surface area contributed by atoms with Gasteiger partial charge in [-0.2, -0.15) is 0 Å². The second-order valence-corrected chi connectivity index (χ2v) is 8.65. The van der Waals surface area contributed by atoms with Gasteiger partial charge in [-0.05, 0) is 75.4 Å². The van der Waals surface area contributed by atoms with Crippen molar-refractivity contribution < 1.29 is 9.47 Å². The molecule has 1 aliphatic rings. The molecule has 36 heavy (non-hydrogen) atoms. The second kappa shape index (κ2) is 9.59. The zero-order chi connectivity index (χ0) is 25.1. The highest BCUT2D eigenvalue weighted by Gasteiger charge is 2.47. The van der Waals surface area contributed by atoms with Crippen LogP contribution >= 0.6 is 0 Å². The molecule has 0 bridgehead atoms. The van der Waals surface area contributed by atoms with Gasteiger partial charge in [-0.15, -0.1) is 0 Å². The SMILES string of the molecule is C=COC(/C=C\C(=C)C1(c2ccc(OC=C)cc2)c2ccccc2-c2ccc3ccccc3c21)=C/C. The van der Waals surface area contributed by atoms with E-state index in [9.17, 15) is 0 Å². The first-order valence-electron chi connectivity index (χ1n) is 12.0. The Labute approximate surface area is 212 Å². The molecule has 4 aromatic carbocycles. The number of allylic oxidation sites excluding steroid dienone is 4. The standard InChI is InChI=1S/C34H28O2/c1-5-27(35-6-2)20-16-24(4)34(26-18-21-28(22-19-26)36-7-3)32-15-11-10-14-30(32)31-23-17-25-12-8-9-13-29(25)33(31)34/h5-23H,2-4H2,1H3/b20-16-,27-5+. The number of fused-ring (bicyclic) bond motifs is 5. The molecule has 2 nitrogen and oxygen atoms in total. The molecule has 0 fully saturated rings. The highest BCUT2D eigenvalue weighted by Crippen LogP contribution is 2.58. The van der Waals surface area contributed by atoms with E-state index in [4.69, 9.17) is 9.47 Å². The lowest BCUT2D eigenvalue weighted by atomic mass is 9.66. The highest BCUT2D eigenvalue weighted by atomic mass is 16.5. The summed E-state index contributed by atoms with van der Waals surface area (Å²) < 4.78 is 11.1. The van der Waals surface area contributed by atoms with E-state index < -0.39 is 5.41 Å². The summed E-state index contributed by atoms with van der Waals surface area (Å²) in [5, 5.41) is 2.40. The maximum absolute atomic E-state index is 5.57. The molecule has 4 aromatic rings. The van der Waals surface area contributed by atoms with E-state index in [1.54, 1.807) is 0 Å². The summed E-state index contributed by atoms with van der Waals surface area (Å²) in [5.41, 5.74) is 6.32. The average Bonchev–Trinajstić information content (AvgIpc) is 3.23. The zero-order valence-corrected chi connectivity index (χ0v) is 20.4. The average molecular weight is 469 g/mol. The van der Waals surface area contributed by atoms with Gasteiger partial charge in [0, 0.05) is 0 Å². The van der Waals surface area contributed by atoms with Gasteiger partial charge in [0.2, 0.25) is 0 Å². The van der Waals surface area contributed by atoms with Crippen LogP contribution in [-0.2, 0) is 10.2 Å². The fourth-order valence-corrected chi connectivity index (χ4v) is 5.39. The summed E-state index contributed by atoms with van der Waals surface area (Å²) >= 11 is 0. The van der Waals surface area contributed by atoms with Crippen LogP contribution in [0.5, 0.6) is 5.75 Å². The minimum atomic E-state index is -0.608. The van der Waals surface area contributed by atoms with Crippen LogP contribution in [0.4, 0.5) is 0 Å². The van der Waals surface area contributed by atoms with Crippen molar-refractivity contribution in [1.82, 2.24) is 0 Å². The molecule has 2 heteroatoms. The lowest BCUT2D eigenvalue weighted by Crippen LogP contribution is -2.28. The van der Waals surface area contributed by atoms with Crippen LogP contribution < -0.4 is 4.74 Å². The number of rotatable bonds is 8. The molecular formula is C34H28O2. The van der Waals surface area contributed by atoms with Crippen molar-refractivity contribution in [3.63, 3.8) is 0 Å². The number of ether oxygens (including phenoxy) is 2. The molecule has 5 rings (SSSR count). The third-order valence-corrected chi connectivity index (χ3v) is 6.87. The Balaban J connectivity index is 1.85. The van der Waals surface area contributed by atoms with Crippen molar-refractivity contribution >= 4 is 10.8 Å². The summed E-state index contributed by atoms with van der Waals surface area (Å²) in [5.74, 6) is 1.45. The van der Waals surface area contributed by atoms with E-state index >= 15 is 0 Å². The predicted molar refractivity (Wildman–Crippen MR) is 150 cm³/mol. The van der Waals surface area contributed by atoms with Gasteiger partial charge in [0.05, 0.1) is 17.9 Å². The van der Waals surface area contributed by atoms with Crippen molar-refractivity contribution in [2.24, 2.45) is 0 Å². The first kappa shape index (κ1) is 23.2. The van der Waals surface area contributed by atoms with E-state index in [1.165, 1.54) is 45.6 Å².